The molecule has 0 spiro atoms. The number of hydrogen-bond acceptors (Lipinski definition) is 16. The first-order valence-electron chi connectivity index (χ1n) is 22.5. The maximum Gasteiger partial charge on any atom is 0.509 e. The lowest BCUT2D eigenvalue weighted by atomic mass is 9.44. The molecule has 17 nitrogen and oxygen atoms in total. The number of fused-ring (bicyclic) bond motifs is 5. The Morgan fingerprint density at radius 3 is 1.93 bits per heavy atom. The van der Waals surface area contributed by atoms with Crippen LogP contribution in [0.4, 0.5) is 4.79 Å². The summed E-state index contributed by atoms with van der Waals surface area (Å²) in [6, 6.07) is 22.6. The third-order valence-electron chi connectivity index (χ3n) is 14.0. The van der Waals surface area contributed by atoms with Crippen LogP contribution in [0.15, 0.2) is 102 Å². The summed E-state index contributed by atoms with van der Waals surface area (Å²) in [5, 5.41) is 28.8. The van der Waals surface area contributed by atoms with Crippen molar-refractivity contribution in [3.8, 4) is 0 Å². The second kappa shape index (κ2) is 18.9. The van der Waals surface area contributed by atoms with Gasteiger partial charge in [0.15, 0.2) is 17.5 Å². The number of ketones is 1. The summed E-state index contributed by atoms with van der Waals surface area (Å²) in [4.78, 5) is 98.6. The van der Waals surface area contributed by atoms with Gasteiger partial charge in [0, 0.05) is 37.7 Å². The molecule has 3 aromatic rings. The average molecular weight is 940 g/mol. The van der Waals surface area contributed by atoms with Gasteiger partial charge in [0.2, 0.25) is 6.10 Å². The van der Waals surface area contributed by atoms with Crippen molar-refractivity contribution in [3.63, 3.8) is 0 Å². The van der Waals surface area contributed by atoms with E-state index < -0.39 is 125 Å². The molecule has 11 atom stereocenters. The third kappa shape index (κ3) is 8.78. The highest BCUT2D eigenvalue weighted by Gasteiger charge is 2.78. The van der Waals surface area contributed by atoms with E-state index in [1.54, 1.807) is 107 Å². The number of hydrogen-bond donors (Lipinski definition) is 3. The Morgan fingerprint density at radius 2 is 1.38 bits per heavy atom. The Kier molecular flexibility index (Phi) is 13.8. The number of amides is 1. The van der Waals surface area contributed by atoms with Gasteiger partial charge in [-0.3, -0.25) is 19.2 Å². The number of Topliss-reactive ketones (excluding diaryl/α,β-unsaturated/α-hetero) is 1. The maximum absolute atomic E-state index is 15.7. The third-order valence-corrected chi connectivity index (χ3v) is 14.0. The van der Waals surface area contributed by atoms with E-state index in [4.69, 9.17) is 33.2 Å². The van der Waals surface area contributed by atoms with Gasteiger partial charge < -0.3 is 48.7 Å². The first-order chi connectivity index (χ1) is 32.1. The summed E-state index contributed by atoms with van der Waals surface area (Å²) < 4.78 is 41.7. The summed E-state index contributed by atoms with van der Waals surface area (Å²) in [6.45, 7) is 11.0. The second-order valence-corrected chi connectivity index (χ2v) is 18.9. The van der Waals surface area contributed by atoms with E-state index in [1.165, 1.54) is 26.0 Å². The number of aliphatic hydroxyl groups excluding tert-OH is 1. The van der Waals surface area contributed by atoms with Crippen LogP contribution in [0.3, 0.4) is 0 Å². The Labute approximate surface area is 393 Å². The van der Waals surface area contributed by atoms with Crippen molar-refractivity contribution in [3.05, 3.63) is 119 Å². The van der Waals surface area contributed by atoms with Gasteiger partial charge in [-0.1, -0.05) is 80.6 Å². The molecule has 1 saturated heterocycles. The fourth-order valence-corrected chi connectivity index (χ4v) is 10.6. The van der Waals surface area contributed by atoms with Gasteiger partial charge in [0.05, 0.1) is 35.7 Å². The van der Waals surface area contributed by atoms with Gasteiger partial charge in [0.1, 0.15) is 30.0 Å². The molecule has 0 radical (unpaired) electrons. The highest BCUT2D eigenvalue weighted by atomic mass is 16.7. The molecule has 4 aliphatic rings. The van der Waals surface area contributed by atoms with Crippen LogP contribution >= 0.6 is 0 Å². The maximum atomic E-state index is 15.7. The molecule has 362 valence electrons. The normalized spacial score (nSPS) is 30.0. The number of aliphatic hydroxyl groups is 2. The van der Waals surface area contributed by atoms with Crippen molar-refractivity contribution in [2.24, 2.45) is 16.7 Å². The standard InChI is InChI=1S/C51H57NO16/c1-27(2)63-47(60)66-40(38(31-18-12-9-13-19-31)52-44(57)32-20-14-10-15-21-32)46(59)65-34-25-51(61)43(67-45(58)33-22-16-11-17-23-33)41-49(8,35(55)24-36-50(41,26-62-36)68-30(5)54)42(56)39(64-29(4)53)37(28(34)3)48(51,6)7/h9-23,27,34-36,38-41,43,55,61H,24-26H2,1-8H3,(H,52,57)/t34-,35-,36?,38-,39+,40+,41?,43-,49+,50-,51+/m0/s1. The molecule has 2 bridgehead atoms. The van der Waals surface area contributed by atoms with Crippen LogP contribution in [0, 0.1) is 16.7 Å². The lowest BCUT2D eigenvalue weighted by Gasteiger charge is -2.67. The molecule has 3 aromatic carbocycles. The molecule has 7 rings (SSSR count). The van der Waals surface area contributed by atoms with E-state index in [1.807, 2.05) is 0 Å². The second-order valence-electron chi connectivity index (χ2n) is 18.9. The van der Waals surface area contributed by atoms with E-state index in [-0.39, 0.29) is 35.3 Å². The summed E-state index contributed by atoms with van der Waals surface area (Å²) >= 11 is 0. The van der Waals surface area contributed by atoms with Gasteiger partial charge in [-0.05, 0) is 68.7 Å². The van der Waals surface area contributed by atoms with Gasteiger partial charge in [0.25, 0.3) is 5.91 Å². The quantitative estimate of drug-likeness (QED) is 0.119. The molecule has 1 heterocycles. The number of ether oxygens (including phenoxy) is 7. The first-order valence-corrected chi connectivity index (χ1v) is 22.5. The summed E-state index contributed by atoms with van der Waals surface area (Å²) in [5.74, 6) is -7.05. The van der Waals surface area contributed by atoms with Crippen LogP contribution in [0.1, 0.15) is 101 Å². The smallest absolute Gasteiger partial charge is 0.455 e. The fourth-order valence-electron chi connectivity index (χ4n) is 10.6. The Bertz CT molecular complexity index is 2470. The van der Waals surface area contributed by atoms with Crippen molar-refractivity contribution in [2.45, 2.75) is 128 Å². The van der Waals surface area contributed by atoms with Crippen LogP contribution in [0.5, 0.6) is 0 Å². The van der Waals surface area contributed by atoms with Crippen molar-refractivity contribution >= 4 is 41.7 Å². The highest BCUT2D eigenvalue weighted by Crippen LogP contribution is 2.64. The van der Waals surface area contributed by atoms with Crippen molar-refractivity contribution in [2.75, 3.05) is 6.61 Å². The van der Waals surface area contributed by atoms with E-state index in [9.17, 15) is 34.2 Å². The minimum Gasteiger partial charge on any atom is -0.455 e. The van der Waals surface area contributed by atoms with Crippen molar-refractivity contribution in [1.82, 2.24) is 5.32 Å². The summed E-state index contributed by atoms with van der Waals surface area (Å²) in [7, 11) is 0. The summed E-state index contributed by atoms with van der Waals surface area (Å²) in [5.41, 5.74) is -7.43. The minimum absolute atomic E-state index is 0.0425. The fraction of sp³-hybridized carbons (Fsp3) is 0.471. The van der Waals surface area contributed by atoms with E-state index in [0.717, 1.165) is 13.8 Å². The molecule has 2 saturated carbocycles. The molecule has 1 amide bonds. The molecule has 0 aromatic heterocycles. The highest BCUT2D eigenvalue weighted by molar-refractivity contribution is 5.96. The molecular formula is C51H57NO16. The zero-order valence-electron chi connectivity index (χ0n) is 39.1. The van der Waals surface area contributed by atoms with Crippen LogP contribution in [0.25, 0.3) is 0 Å². The zero-order valence-corrected chi connectivity index (χ0v) is 39.1. The van der Waals surface area contributed by atoms with Crippen molar-refractivity contribution in [1.29, 1.82) is 0 Å². The van der Waals surface area contributed by atoms with E-state index in [0.29, 0.717) is 5.56 Å². The van der Waals surface area contributed by atoms with Gasteiger partial charge in [-0.15, -0.1) is 0 Å². The molecule has 3 aliphatic carbocycles. The number of benzene rings is 3. The Balaban J connectivity index is 1.43. The van der Waals surface area contributed by atoms with Gasteiger partial charge in [-0.2, -0.15) is 0 Å². The lowest BCUT2D eigenvalue weighted by Crippen LogP contribution is -2.82. The monoisotopic (exact) mass is 939 g/mol. The lowest BCUT2D eigenvalue weighted by molar-refractivity contribution is -0.346. The van der Waals surface area contributed by atoms with Crippen LogP contribution in [-0.2, 0) is 52.3 Å². The number of carbonyl (C=O) groups is 7. The predicted molar refractivity (Wildman–Crippen MR) is 238 cm³/mol. The summed E-state index contributed by atoms with van der Waals surface area (Å²) in [6.07, 6.45) is -12.8. The first kappa shape index (κ1) is 49.5. The number of esters is 4. The zero-order chi connectivity index (χ0) is 49.5. The van der Waals surface area contributed by atoms with Crippen LogP contribution in [0.2, 0.25) is 0 Å². The van der Waals surface area contributed by atoms with E-state index >= 15 is 9.59 Å². The molecular weight excluding hydrogens is 883 g/mol. The molecule has 68 heavy (non-hydrogen) atoms. The predicted octanol–water partition coefficient (Wildman–Crippen LogP) is 5.31. The van der Waals surface area contributed by atoms with Crippen LogP contribution < -0.4 is 5.32 Å². The number of carbonyl (C=O) groups excluding carboxylic acids is 7. The molecule has 1 aliphatic heterocycles. The molecule has 2 unspecified atom stereocenters. The average Bonchev–Trinajstić information content (AvgIpc) is 3.28. The SMILES string of the molecule is CC(=O)O[C@H]1C(=O)[C@@]2(C)C([C@H](OC(=O)c3ccccc3)[C@]3(O)C[C@H](OC(=O)[C@H](OC(=O)OC(C)C)[C@@H](NC(=O)c4ccccc4)c4ccccc4)C(C)=C1C3(C)C)[C@]1(OC(C)=O)COC1C[C@@H]2O. The van der Waals surface area contributed by atoms with Gasteiger partial charge >= 0.3 is 30.0 Å². The molecule has 17 heteroatoms. The van der Waals surface area contributed by atoms with Crippen LogP contribution in [-0.4, -0.2) is 112 Å². The topological polar surface area (TPSA) is 237 Å². The minimum atomic E-state index is -2.46. The number of nitrogens with one attached hydrogen (secondary N) is 1. The largest absolute Gasteiger partial charge is 0.509 e. The number of rotatable bonds is 12. The molecule has 3 N–H and O–H groups in total. The Hall–Kier alpha value is -6.43. The van der Waals surface area contributed by atoms with E-state index in [2.05, 4.69) is 5.32 Å². The Morgan fingerprint density at radius 1 is 0.794 bits per heavy atom. The van der Waals surface area contributed by atoms with Crippen molar-refractivity contribution < 1.29 is 76.9 Å². The van der Waals surface area contributed by atoms with Gasteiger partial charge in [-0.25, -0.2) is 14.4 Å². The molecule has 3 fully saturated rings.